The van der Waals surface area contributed by atoms with Crippen molar-refractivity contribution in [1.29, 1.82) is 0 Å². The number of esters is 3. The molecule has 0 heterocycles. The molecular formula is C46H81NO6. The largest absolute Gasteiger partial charge is 0.465 e. The monoisotopic (exact) mass is 744 g/mol. The normalized spacial score (nSPS) is 12.0. The van der Waals surface area contributed by atoms with Gasteiger partial charge in [-0.25, -0.2) is 0 Å². The highest BCUT2D eigenvalue weighted by atomic mass is 16.6. The quantitative estimate of drug-likeness (QED) is 0.0269. The highest BCUT2D eigenvalue weighted by molar-refractivity contribution is 5.70. The van der Waals surface area contributed by atoms with Crippen molar-refractivity contribution in [3.8, 4) is 0 Å². The molecule has 0 saturated heterocycles. The zero-order chi connectivity index (χ0) is 38.9. The Hall–Kier alpha value is -2.67. The number of allylic oxidation sites excluding steroid dienone is 8. The molecule has 306 valence electrons. The predicted octanol–water partition coefficient (Wildman–Crippen LogP) is 12.2. The number of rotatable bonds is 38. The van der Waals surface area contributed by atoms with Crippen molar-refractivity contribution in [1.82, 2.24) is 4.90 Å². The summed E-state index contributed by atoms with van der Waals surface area (Å²) in [5.74, 6) is -1.18. The summed E-state index contributed by atoms with van der Waals surface area (Å²) in [5.41, 5.74) is 0. The van der Waals surface area contributed by atoms with Crippen LogP contribution in [-0.4, -0.2) is 63.3 Å². The van der Waals surface area contributed by atoms with Crippen LogP contribution in [0, 0.1) is 5.92 Å². The third-order valence-electron chi connectivity index (χ3n) is 9.09. The molecule has 0 aliphatic carbocycles. The van der Waals surface area contributed by atoms with Gasteiger partial charge in [0.1, 0.15) is 19.8 Å². The second kappa shape index (κ2) is 40.5. The number of hydrogen-bond acceptors (Lipinski definition) is 7. The fraction of sp³-hybridized carbons (Fsp3) is 0.761. The summed E-state index contributed by atoms with van der Waals surface area (Å²) < 4.78 is 16.6. The Morgan fingerprint density at radius 1 is 0.434 bits per heavy atom. The second-order valence-electron chi connectivity index (χ2n) is 14.8. The number of unbranched alkanes of at least 4 members (excludes halogenated alkanes) is 16. The summed E-state index contributed by atoms with van der Waals surface area (Å²) in [5, 5.41) is 0. The van der Waals surface area contributed by atoms with E-state index in [-0.39, 0.29) is 43.6 Å². The summed E-state index contributed by atoms with van der Waals surface area (Å²) in [6.07, 6.45) is 44.8. The van der Waals surface area contributed by atoms with Gasteiger partial charge in [0.05, 0.1) is 5.92 Å². The lowest BCUT2D eigenvalue weighted by Crippen LogP contribution is -2.26. The van der Waals surface area contributed by atoms with Crippen LogP contribution in [0.4, 0.5) is 0 Å². The number of hydrogen-bond donors (Lipinski definition) is 0. The van der Waals surface area contributed by atoms with Crippen LogP contribution in [0.3, 0.4) is 0 Å². The average Bonchev–Trinajstić information content (AvgIpc) is 3.14. The number of ether oxygens (including phenoxy) is 3. The van der Waals surface area contributed by atoms with E-state index in [9.17, 15) is 14.4 Å². The van der Waals surface area contributed by atoms with Gasteiger partial charge in [0.2, 0.25) is 0 Å². The van der Waals surface area contributed by atoms with E-state index >= 15 is 0 Å². The van der Waals surface area contributed by atoms with Crippen molar-refractivity contribution in [3.63, 3.8) is 0 Å². The zero-order valence-electron chi connectivity index (χ0n) is 34.8. The van der Waals surface area contributed by atoms with Crippen LogP contribution in [0.15, 0.2) is 48.6 Å². The molecule has 0 aliphatic rings. The third kappa shape index (κ3) is 40.4. The minimum absolute atomic E-state index is 0.0642. The molecule has 0 spiro atoms. The van der Waals surface area contributed by atoms with Crippen molar-refractivity contribution in [3.05, 3.63) is 48.6 Å². The third-order valence-corrected chi connectivity index (χ3v) is 9.09. The van der Waals surface area contributed by atoms with Gasteiger partial charge in [0.15, 0.2) is 0 Å². The molecule has 0 unspecified atom stereocenters. The maximum atomic E-state index is 12.5. The topological polar surface area (TPSA) is 82.1 Å². The van der Waals surface area contributed by atoms with Gasteiger partial charge in [0, 0.05) is 19.3 Å². The Bertz CT molecular complexity index is 907. The predicted molar refractivity (Wildman–Crippen MR) is 223 cm³/mol. The van der Waals surface area contributed by atoms with Crippen molar-refractivity contribution < 1.29 is 28.6 Å². The molecule has 0 N–H and O–H groups in total. The van der Waals surface area contributed by atoms with Crippen LogP contribution >= 0.6 is 0 Å². The Labute approximate surface area is 326 Å². The van der Waals surface area contributed by atoms with E-state index in [1.165, 1.54) is 64.2 Å². The molecular weight excluding hydrogens is 663 g/mol. The lowest BCUT2D eigenvalue weighted by molar-refractivity contribution is -0.153. The van der Waals surface area contributed by atoms with Gasteiger partial charge >= 0.3 is 17.9 Å². The fourth-order valence-electron chi connectivity index (χ4n) is 5.69. The highest BCUT2D eigenvalue weighted by Gasteiger charge is 2.18. The second-order valence-corrected chi connectivity index (χ2v) is 14.8. The van der Waals surface area contributed by atoms with Crippen LogP contribution in [0.5, 0.6) is 0 Å². The molecule has 0 aromatic rings. The molecule has 7 heteroatoms. The molecule has 0 bridgehead atoms. The Kier molecular flexibility index (Phi) is 38.5. The van der Waals surface area contributed by atoms with Gasteiger partial charge < -0.3 is 19.1 Å². The Morgan fingerprint density at radius 2 is 0.755 bits per heavy atom. The Balaban J connectivity index is 4.24. The van der Waals surface area contributed by atoms with Gasteiger partial charge in [-0.3, -0.25) is 14.4 Å². The summed E-state index contributed by atoms with van der Waals surface area (Å²) >= 11 is 0. The number of nitrogens with zero attached hydrogens (tertiary/aromatic N) is 1. The lowest BCUT2D eigenvalue weighted by Gasteiger charge is -2.18. The van der Waals surface area contributed by atoms with Gasteiger partial charge in [0.25, 0.3) is 0 Å². The lowest BCUT2D eigenvalue weighted by atomic mass is 10.1. The average molecular weight is 744 g/mol. The zero-order valence-corrected chi connectivity index (χ0v) is 34.8. The first-order valence-electron chi connectivity index (χ1n) is 21.6. The van der Waals surface area contributed by atoms with Gasteiger partial charge in [-0.2, -0.15) is 0 Å². The number of carbonyl (C=O) groups excluding carboxylic acids is 3. The summed E-state index contributed by atoms with van der Waals surface area (Å²) in [6, 6.07) is 0. The molecule has 0 fully saturated rings. The van der Waals surface area contributed by atoms with Crippen LogP contribution in [-0.2, 0) is 28.6 Å². The van der Waals surface area contributed by atoms with E-state index in [1.807, 2.05) is 19.0 Å². The van der Waals surface area contributed by atoms with Crippen LogP contribution in [0.25, 0.3) is 0 Å². The van der Waals surface area contributed by atoms with E-state index < -0.39 is 0 Å². The van der Waals surface area contributed by atoms with E-state index in [0.717, 1.165) is 83.6 Å². The van der Waals surface area contributed by atoms with Crippen molar-refractivity contribution >= 4 is 17.9 Å². The van der Waals surface area contributed by atoms with Crippen molar-refractivity contribution in [2.45, 2.75) is 181 Å². The molecule has 0 aliphatic heterocycles. The minimum atomic E-state index is -0.380. The van der Waals surface area contributed by atoms with Crippen LogP contribution in [0.1, 0.15) is 181 Å². The molecule has 7 nitrogen and oxygen atoms in total. The molecule has 0 atom stereocenters. The summed E-state index contributed by atoms with van der Waals surface area (Å²) in [6.45, 7) is 5.48. The molecule has 0 aromatic carbocycles. The standard InChI is InChI=1S/C46H81NO6/c1-5-7-9-11-13-15-17-19-21-23-25-27-29-31-33-36-44(48)51-40-43(42-53-46(50)38-35-39-47(3)4)41-52-45(49)37-34-32-30-28-26-24-22-20-18-16-14-12-10-8-6-2/h13-16,19-22,43H,5-12,17-18,23-42H2,1-4H3/b15-13-,16-14-,21-19-,22-20-. The molecule has 0 radical (unpaired) electrons. The maximum Gasteiger partial charge on any atom is 0.305 e. The van der Waals surface area contributed by atoms with Gasteiger partial charge in [-0.1, -0.05) is 127 Å². The smallest absolute Gasteiger partial charge is 0.305 e. The summed E-state index contributed by atoms with van der Waals surface area (Å²) in [4.78, 5) is 39.2. The van der Waals surface area contributed by atoms with Crippen molar-refractivity contribution in [2.24, 2.45) is 5.92 Å². The minimum Gasteiger partial charge on any atom is -0.465 e. The molecule has 0 rings (SSSR count). The van der Waals surface area contributed by atoms with Crippen molar-refractivity contribution in [2.75, 3.05) is 40.5 Å². The van der Waals surface area contributed by atoms with Gasteiger partial charge in [-0.15, -0.1) is 0 Å². The molecule has 0 saturated carbocycles. The summed E-state index contributed by atoms with van der Waals surface area (Å²) in [7, 11) is 3.93. The van der Waals surface area contributed by atoms with E-state index in [1.54, 1.807) is 0 Å². The molecule has 53 heavy (non-hydrogen) atoms. The number of carbonyl (C=O) groups is 3. The first kappa shape index (κ1) is 50.3. The van der Waals surface area contributed by atoms with E-state index in [0.29, 0.717) is 25.7 Å². The first-order valence-corrected chi connectivity index (χ1v) is 21.6. The Morgan fingerprint density at radius 3 is 1.11 bits per heavy atom. The maximum absolute atomic E-state index is 12.5. The SMILES string of the molecule is CCCCC/C=C\C/C=C\CCCCCCCC(=O)OCC(COC(=O)CCCCCCC/C=C\C/C=C\CCCCC)COC(=O)CCCN(C)C. The molecule has 0 amide bonds. The highest BCUT2D eigenvalue weighted by Crippen LogP contribution is 2.12. The van der Waals surface area contributed by atoms with E-state index in [4.69, 9.17) is 14.2 Å². The van der Waals surface area contributed by atoms with Gasteiger partial charge in [-0.05, 0) is 104 Å². The first-order chi connectivity index (χ1) is 25.9. The van der Waals surface area contributed by atoms with Crippen LogP contribution < -0.4 is 0 Å². The van der Waals surface area contributed by atoms with Crippen LogP contribution in [0.2, 0.25) is 0 Å². The fourth-order valence-corrected chi connectivity index (χ4v) is 5.69. The van der Waals surface area contributed by atoms with E-state index in [2.05, 4.69) is 62.5 Å². The molecule has 0 aromatic heterocycles.